The third-order valence-corrected chi connectivity index (χ3v) is 5.36. The number of hydrogen-bond donors (Lipinski definition) is 3. The van der Waals surface area contributed by atoms with Crippen LogP contribution in [0.2, 0.25) is 0 Å². The topological polar surface area (TPSA) is 65.9 Å². The van der Waals surface area contributed by atoms with Crippen LogP contribution in [0.15, 0.2) is 20.9 Å². The maximum absolute atomic E-state index is 9.24. The Morgan fingerprint density at radius 3 is 2.86 bits per heavy atom. The summed E-state index contributed by atoms with van der Waals surface area (Å²) >= 11 is 5.17. The van der Waals surface area contributed by atoms with Gasteiger partial charge in [0.05, 0.1) is 16.9 Å². The lowest BCUT2D eigenvalue weighted by Crippen LogP contribution is -2.44. The standard InChI is InChI=1S/C14H22BrN3O2S.HI/c1-16-13(17-8-11-2-3-12(15)21-11)18-9-14(4-6-19)5-7-20-10-14;/h2-3,19H,4-10H2,1H3,(H2,16,17,18);1H. The van der Waals surface area contributed by atoms with Crippen molar-refractivity contribution in [1.29, 1.82) is 0 Å². The molecule has 2 heterocycles. The van der Waals surface area contributed by atoms with Gasteiger partial charge in [-0.2, -0.15) is 0 Å². The molecule has 22 heavy (non-hydrogen) atoms. The minimum atomic E-state index is 0. The number of halogens is 2. The van der Waals surface area contributed by atoms with Crippen LogP contribution in [0, 0.1) is 5.41 Å². The molecule has 0 aromatic carbocycles. The second kappa shape index (κ2) is 10.1. The van der Waals surface area contributed by atoms with E-state index in [1.165, 1.54) is 4.88 Å². The third kappa shape index (κ3) is 5.95. The molecule has 0 aliphatic carbocycles. The van der Waals surface area contributed by atoms with Crippen LogP contribution in [0.5, 0.6) is 0 Å². The quantitative estimate of drug-likeness (QED) is 0.317. The van der Waals surface area contributed by atoms with Crippen molar-refractivity contribution >= 4 is 57.2 Å². The summed E-state index contributed by atoms with van der Waals surface area (Å²) in [5.74, 6) is 0.781. The zero-order valence-electron chi connectivity index (χ0n) is 12.6. The molecule has 0 spiro atoms. The Kier molecular flexibility index (Phi) is 9.22. The summed E-state index contributed by atoms with van der Waals surface area (Å²) in [6.07, 6.45) is 1.74. The third-order valence-electron chi connectivity index (χ3n) is 3.74. The number of aliphatic hydroxyl groups excluding tert-OH is 1. The van der Waals surface area contributed by atoms with Gasteiger partial charge in [-0.25, -0.2) is 0 Å². The van der Waals surface area contributed by atoms with Gasteiger partial charge >= 0.3 is 0 Å². The van der Waals surface area contributed by atoms with Crippen LogP contribution in [0.3, 0.4) is 0 Å². The minimum Gasteiger partial charge on any atom is -0.396 e. The van der Waals surface area contributed by atoms with Gasteiger partial charge < -0.3 is 20.5 Å². The molecular formula is C14H23BrIN3O2S. The Morgan fingerprint density at radius 2 is 2.32 bits per heavy atom. The number of thiophene rings is 1. The highest BCUT2D eigenvalue weighted by Crippen LogP contribution is 2.31. The van der Waals surface area contributed by atoms with Crippen molar-refractivity contribution in [3.8, 4) is 0 Å². The lowest BCUT2D eigenvalue weighted by molar-refractivity contribution is 0.127. The summed E-state index contributed by atoms with van der Waals surface area (Å²) in [6.45, 7) is 3.19. The van der Waals surface area contributed by atoms with Gasteiger partial charge in [-0.3, -0.25) is 4.99 Å². The van der Waals surface area contributed by atoms with Crippen molar-refractivity contribution in [2.75, 3.05) is 33.4 Å². The Hall–Kier alpha value is 0.1000. The van der Waals surface area contributed by atoms with E-state index < -0.39 is 0 Å². The fourth-order valence-electron chi connectivity index (χ4n) is 2.42. The summed E-state index contributed by atoms with van der Waals surface area (Å²) in [7, 11) is 1.77. The fourth-order valence-corrected chi connectivity index (χ4v) is 3.84. The number of ether oxygens (including phenoxy) is 1. The van der Waals surface area contributed by atoms with Gasteiger partial charge in [-0.05, 0) is 40.9 Å². The number of guanidine groups is 1. The first-order chi connectivity index (χ1) is 10.2. The molecule has 1 aliphatic rings. The molecule has 3 N–H and O–H groups in total. The van der Waals surface area contributed by atoms with Gasteiger partial charge in [0, 0.05) is 37.1 Å². The minimum absolute atomic E-state index is 0. The van der Waals surface area contributed by atoms with Crippen molar-refractivity contribution in [3.63, 3.8) is 0 Å². The molecular weight excluding hydrogens is 481 g/mol. The maximum Gasteiger partial charge on any atom is 0.191 e. The van der Waals surface area contributed by atoms with E-state index in [0.29, 0.717) is 6.61 Å². The predicted molar refractivity (Wildman–Crippen MR) is 105 cm³/mol. The van der Waals surface area contributed by atoms with Gasteiger partial charge in [-0.15, -0.1) is 35.3 Å². The monoisotopic (exact) mass is 503 g/mol. The van der Waals surface area contributed by atoms with Crippen molar-refractivity contribution in [3.05, 3.63) is 20.8 Å². The van der Waals surface area contributed by atoms with Gasteiger partial charge in [0.2, 0.25) is 0 Å². The lowest BCUT2D eigenvalue weighted by Gasteiger charge is -2.27. The molecule has 0 bridgehead atoms. The van der Waals surface area contributed by atoms with Crippen LogP contribution in [-0.4, -0.2) is 44.5 Å². The molecule has 0 radical (unpaired) electrons. The highest BCUT2D eigenvalue weighted by molar-refractivity contribution is 14.0. The van der Waals surface area contributed by atoms with E-state index >= 15 is 0 Å². The molecule has 5 nitrogen and oxygen atoms in total. The summed E-state index contributed by atoms with van der Waals surface area (Å²) in [5.41, 5.74) is 0.0261. The average molecular weight is 504 g/mol. The van der Waals surface area contributed by atoms with E-state index in [1.54, 1.807) is 18.4 Å². The number of rotatable bonds is 6. The van der Waals surface area contributed by atoms with E-state index in [2.05, 4.69) is 37.6 Å². The summed E-state index contributed by atoms with van der Waals surface area (Å²) in [6, 6.07) is 4.14. The summed E-state index contributed by atoms with van der Waals surface area (Å²) < 4.78 is 6.63. The van der Waals surface area contributed by atoms with Gasteiger partial charge in [-0.1, -0.05) is 0 Å². The first-order valence-corrected chi connectivity index (χ1v) is 8.66. The van der Waals surface area contributed by atoms with Gasteiger partial charge in [0.15, 0.2) is 5.96 Å². The van der Waals surface area contributed by atoms with Crippen molar-refractivity contribution < 1.29 is 9.84 Å². The first kappa shape index (κ1) is 20.1. The molecule has 1 fully saturated rings. The zero-order valence-corrected chi connectivity index (χ0v) is 17.3. The number of nitrogens with one attached hydrogen (secondary N) is 2. The molecule has 0 amide bonds. The first-order valence-electron chi connectivity index (χ1n) is 7.05. The van der Waals surface area contributed by atoms with Crippen LogP contribution >= 0.6 is 51.2 Å². The molecule has 1 aromatic rings. The zero-order chi connectivity index (χ0) is 15.1. The van der Waals surface area contributed by atoms with Crippen molar-refractivity contribution in [2.45, 2.75) is 19.4 Å². The SMILES string of the molecule is CN=C(NCc1ccc(Br)s1)NCC1(CCO)CCOC1.I. The molecule has 1 atom stereocenters. The van der Waals surface area contributed by atoms with Crippen LogP contribution in [0.1, 0.15) is 17.7 Å². The molecule has 1 aromatic heterocycles. The number of aliphatic hydroxyl groups is 1. The molecule has 2 rings (SSSR count). The molecule has 0 saturated carbocycles. The predicted octanol–water partition coefficient (Wildman–Crippen LogP) is 2.58. The van der Waals surface area contributed by atoms with E-state index in [0.717, 1.165) is 42.3 Å². The Labute approximate surface area is 161 Å². The molecule has 1 aliphatic heterocycles. The number of nitrogens with zero attached hydrogens (tertiary/aromatic N) is 1. The molecule has 1 unspecified atom stereocenters. The van der Waals surface area contributed by atoms with Crippen LogP contribution in [-0.2, 0) is 11.3 Å². The summed E-state index contributed by atoms with van der Waals surface area (Å²) in [4.78, 5) is 5.50. The fraction of sp³-hybridized carbons (Fsp3) is 0.643. The Balaban J connectivity index is 0.00000242. The van der Waals surface area contributed by atoms with E-state index in [4.69, 9.17) is 4.74 Å². The highest BCUT2D eigenvalue weighted by Gasteiger charge is 2.34. The molecule has 8 heteroatoms. The van der Waals surface area contributed by atoms with Crippen LogP contribution < -0.4 is 10.6 Å². The van der Waals surface area contributed by atoms with Gasteiger partial charge in [0.1, 0.15) is 0 Å². The molecule has 1 saturated heterocycles. The largest absolute Gasteiger partial charge is 0.396 e. The average Bonchev–Trinajstić information content (AvgIpc) is 3.09. The maximum atomic E-state index is 9.24. The Bertz CT molecular complexity index is 478. The Morgan fingerprint density at radius 1 is 1.50 bits per heavy atom. The number of hydrogen-bond acceptors (Lipinski definition) is 4. The van der Waals surface area contributed by atoms with E-state index in [-0.39, 0.29) is 36.0 Å². The number of aliphatic imine (C=N–C) groups is 1. The van der Waals surface area contributed by atoms with Gasteiger partial charge in [0.25, 0.3) is 0 Å². The molecule has 126 valence electrons. The van der Waals surface area contributed by atoms with E-state index in [9.17, 15) is 5.11 Å². The highest BCUT2D eigenvalue weighted by atomic mass is 127. The second-order valence-corrected chi connectivity index (χ2v) is 7.81. The van der Waals surface area contributed by atoms with Crippen LogP contribution in [0.4, 0.5) is 0 Å². The van der Waals surface area contributed by atoms with Crippen molar-refractivity contribution in [1.82, 2.24) is 10.6 Å². The lowest BCUT2D eigenvalue weighted by atomic mass is 9.84. The van der Waals surface area contributed by atoms with Crippen LogP contribution in [0.25, 0.3) is 0 Å². The second-order valence-electron chi connectivity index (χ2n) is 5.26. The normalized spacial score (nSPS) is 21.5. The van der Waals surface area contributed by atoms with E-state index in [1.807, 2.05) is 6.07 Å². The van der Waals surface area contributed by atoms with Crippen molar-refractivity contribution in [2.24, 2.45) is 10.4 Å². The summed E-state index contributed by atoms with van der Waals surface area (Å²) in [5, 5.41) is 15.9. The smallest absolute Gasteiger partial charge is 0.191 e.